The van der Waals surface area contributed by atoms with Gasteiger partial charge in [0, 0.05) is 16.2 Å². The molecule has 1 aromatic heterocycles. The minimum Gasteiger partial charge on any atom is -0.387 e. The highest BCUT2D eigenvalue weighted by atomic mass is 32.1. The zero-order valence-corrected chi connectivity index (χ0v) is 20.1. The molecule has 5 rings (SSSR count). The van der Waals surface area contributed by atoms with Crippen LogP contribution in [0.15, 0.2) is 54.6 Å². The Morgan fingerprint density at radius 3 is 2.71 bits per heavy atom. The van der Waals surface area contributed by atoms with E-state index < -0.39 is 36.5 Å². The summed E-state index contributed by atoms with van der Waals surface area (Å²) >= 11 is 1.69. The molecule has 1 unspecified atom stereocenters. The predicted molar refractivity (Wildman–Crippen MR) is 128 cm³/mol. The van der Waals surface area contributed by atoms with E-state index in [4.69, 9.17) is 19.5 Å². The minimum atomic E-state index is -1.01. The zero-order valence-electron chi connectivity index (χ0n) is 19.3. The van der Waals surface area contributed by atoms with Crippen LogP contribution in [-0.4, -0.2) is 40.6 Å². The average Bonchev–Trinajstić information content (AvgIpc) is 3.48. The minimum absolute atomic E-state index is 0.622. The summed E-state index contributed by atoms with van der Waals surface area (Å²) in [5, 5.41) is 30.9. The summed E-state index contributed by atoms with van der Waals surface area (Å²) in [6, 6.07) is 19.8. The van der Waals surface area contributed by atoms with E-state index >= 15 is 0 Å². The summed E-state index contributed by atoms with van der Waals surface area (Å²) in [4.78, 5) is 2.29. The molecule has 3 heterocycles. The number of hydrogen-bond acceptors (Lipinski definition) is 7. The predicted octanol–water partition coefficient (Wildman–Crippen LogP) is 4.46. The standard InChI is InChI=1S/C27H27NO5S/c1-15-7-8-18(22(29)24-23(30)25-26(31-24)33-27(2,3)32-25)12-19(15)13-20-9-10-21(34-20)17-6-4-5-16(11-17)14-28/h4-12,22-26,29-30H,13H2,1-3H3/t22?,23-,24+,25+,26+/m1/s1. The Labute approximate surface area is 203 Å². The molecule has 5 atom stereocenters. The molecule has 2 aromatic carbocycles. The molecule has 7 heteroatoms. The highest BCUT2D eigenvalue weighted by Crippen LogP contribution is 2.41. The van der Waals surface area contributed by atoms with E-state index in [1.807, 2.05) is 43.3 Å². The number of aliphatic hydroxyl groups is 2. The fourth-order valence-electron chi connectivity index (χ4n) is 4.59. The third kappa shape index (κ3) is 4.41. The van der Waals surface area contributed by atoms with Gasteiger partial charge >= 0.3 is 0 Å². The van der Waals surface area contributed by atoms with Gasteiger partial charge in [-0.15, -0.1) is 11.3 Å². The van der Waals surface area contributed by atoms with Crippen molar-refractivity contribution >= 4 is 11.3 Å². The Hall–Kier alpha value is -2.57. The van der Waals surface area contributed by atoms with Crippen molar-refractivity contribution in [1.29, 1.82) is 5.26 Å². The highest BCUT2D eigenvalue weighted by Gasteiger charge is 2.56. The maximum Gasteiger partial charge on any atom is 0.190 e. The van der Waals surface area contributed by atoms with Crippen molar-refractivity contribution in [2.75, 3.05) is 0 Å². The first-order valence-electron chi connectivity index (χ1n) is 11.3. The Kier molecular flexibility index (Phi) is 6.07. The Balaban J connectivity index is 1.33. The summed E-state index contributed by atoms with van der Waals surface area (Å²) in [5.74, 6) is -0.821. The van der Waals surface area contributed by atoms with E-state index in [1.54, 1.807) is 31.3 Å². The lowest BCUT2D eigenvalue weighted by molar-refractivity contribution is -0.226. The topological polar surface area (TPSA) is 91.9 Å². The van der Waals surface area contributed by atoms with E-state index in [2.05, 4.69) is 18.2 Å². The van der Waals surface area contributed by atoms with Crippen LogP contribution in [0, 0.1) is 18.3 Å². The Morgan fingerprint density at radius 1 is 1.12 bits per heavy atom. The molecule has 0 radical (unpaired) electrons. The van der Waals surface area contributed by atoms with Crippen molar-refractivity contribution in [3.05, 3.63) is 81.7 Å². The number of aryl methyl sites for hydroxylation is 1. The number of ether oxygens (including phenoxy) is 3. The van der Waals surface area contributed by atoms with Crippen LogP contribution in [0.3, 0.4) is 0 Å². The SMILES string of the molecule is Cc1ccc(C(O)[C@@H]2O[C@H]3OC(C)(C)O[C@H]3[C@@H]2O)cc1Cc1ccc(-c2cccc(C#N)c2)s1. The molecule has 2 aliphatic heterocycles. The summed E-state index contributed by atoms with van der Waals surface area (Å²) in [7, 11) is 0. The molecule has 3 aromatic rings. The number of thiophene rings is 1. The number of aliphatic hydroxyl groups excluding tert-OH is 2. The lowest BCUT2D eigenvalue weighted by Gasteiger charge is -2.26. The van der Waals surface area contributed by atoms with Gasteiger partial charge in [0.25, 0.3) is 0 Å². The third-order valence-electron chi connectivity index (χ3n) is 6.38. The second-order valence-corrected chi connectivity index (χ2v) is 10.5. The number of nitrogens with zero attached hydrogens (tertiary/aromatic N) is 1. The molecule has 0 amide bonds. The van der Waals surface area contributed by atoms with Crippen LogP contribution >= 0.6 is 11.3 Å². The van der Waals surface area contributed by atoms with Crippen molar-refractivity contribution in [2.45, 2.75) is 63.7 Å². The number of fused-ring (bicyclic) bond motifs is 1. The quantitative estimate of drug-likeness (QED) is 0.564. The maximum atomic E-state index is 11.0. The first kappa shape index (κ1) is 23.2. The molecule has 0 aliphatic carbocycles. The Bertz CT molecular complexity index is 1250. The fourth-order valence-corrected chi connectivity index (χ4v) is 5.62. The van der Waals surface area contributed by atoms with Crippen LogP contribution in [0.1, 0.15) is 47.1 Å². The molecule has 2 fully saturated rings. The van der Waals surface area contributed by atoms with E-state index in [0.29, 0.717) is 11.1 Å². The summed E-state index contributed by atoms with van der Waals surface area (Å²) in [6.07, 6.45) is -3.43. The van der Waals surface area contributed by atoms with Gasteiger partial charge < -0.3 is 24.4 Å². The van der Waals surface area contributed by atoms with Crippen LogP contribution in [-0.2, 0) is 20.6 Å². The van der Waals surface area contributed by atoms with Crippen molar-refractivity contribution in [2.24, 2.45) is 0 Å². The largest absolute Gasteiger partial charge is 0.387 e. The van der Waals surface area contributed by atoms with Gasteiger partial charge in [0.15, 0.2) is 12.1 Å². The van der Waals surface area contributed by atoms with Crippen molar-refractivity contribution in [3.8, 4) is 16.5 Å². The molecule has 0 bridgehead atoms. The van der Waals surface area contributed by atoms with Gasteiger partial charge in [-0.3, -0.25) is 0 Å². The molecule has 2 N–H and O–H groups in total. The molecule has 6 nitrogen and oxygen atoms in total. The molecule has 0 spiro atoms. The van der Waals surface area contributed by atoms with Crippen molar-refractivity contribution < 1.29 is 24.4 Å². The summed E-state index contributed by atoms with van der Waals surface area (Å²) in [5.41, 5.74) is 4.57. The number of nitriles is 1. The number of hydrogen-bond donors (Lipinski definition) is 2. The third-order valence-corrected chi connectivity index (χ3v) is 7.52. The van der Waals surface area contributed by atoms with Crippen LogP contribution < -0.4 is 0 Å². The molecule has 2 saturated heterocycles. The van der Waals surface area contributed by atoms with Gasteiger partial charge in [-0.1, -0.05) is 30.3 Å². The maximum absolute atomic E-state index is 11.0. The molecule has 34 heavy (non-hydrogen) atoms. The molecular formula is C27H27NO5S. The van der Waals surface area contributed by atoms with Crippen LogP contribution in [0.2, 0.25) is 0 Å². The van der Waals surface area contributed by atoms with Gasteiger partial charge in [-0.25, -0.2) is 0 Å². The van der Waals surface area contributed by atoms with Crippen LogP contribution in [0.25, 0.3) is 10.4 Å². The van der Waals surface area contributed by atoms with Gasteiger partial charge in [-0.05, 0) is 67.3 Å². The zero-order chi connectivity index (χ0) is 24.0. The normalized spacial score (nSPS) is 26.2. The lowest BCUT2D eigenvalue weighted by atomic mass is 9.94. The second kappa shape index (κ2) is 8.90. The molecule has 176 valence electrons. The summed E-state index contributed by atoms with van der Waals surface area (Å²) in [6.45, 7) is 5.59. The average molecular weight is 478 g/mol. The van der Waals surface area contributed by atoms with E-state index in [9.17, 15) is 10.2 Å². The van der Waals surface area contributed by atoms with Crippen LogP contribution in [0.4, 0.5) is 0 Å². The number of benzene rings is 2. The van der Waals surface area contributed by atoms with Gasteiger partial charge in [0.05, 0.1) is 11.6 Å². The van der Waals surface area contributed by atoms with Crippen LogP contribution in [0.5, 0.6) is 0 Å². The Morgan fingerprint density at radius 2 is 1.94 bits per heavy atom. The van der Waals surface area contributed by atoms with E-state index in [0.717, 1.165) is 28.0 Å². The molecule has 0 saturated carbocycles. The summed E-state index contributed by atoms with van der Waals surface area (Å²) < 4.78 is 17.3. The molecule has 2 aliphatic rings. The number of rotatable bonds is 5. The fraction of sp³-hybridized carbons (Fsp3) is 0.370. The molecular weight excluding hydrogens is 450 g/mol. The van der Waals surface area contributed by atoms with Gasteiger partial charge in [0.1, 0.15) is 24.4 Å². The van der Waals surface area contributed by atoms with E-state index in [-0.39, 0.29) is 0 Å². The monoisotopic (exact) mass is 477 g/mol. The second-order valence-electron chi connectivity index (χ2n) is 9.33. The van der Waals surface area contributed by atoms with Crippen molar-refractivity contribution in [3.63, 3.8) is 0 Å². The van der Waals surface area contributed by atoms with Gasteiger partial charge in [-0.2, -0.15) is 5.26 Å². The first-order valence-corrected chi connectivity index (χ1v) is 12.1. The van der Waals surface area contributed by atoms with Crippen molar-refractivity contribution in [1.82, 2.24) is 0 Å². The van der Waals surface area contributed by atoms with E-state index in [1.165, 1.54) is 4.88 Å². The highest BCUT2D eigenvalue weighted by molar-refractivity contribution is 7.15. The first-order chi connectivity index (χ1) is 16.2. The smallest absolute Gasteiger partial charge is 0.190 e. The van der Waals surface area contributed by atoms with Gasteiger partial charge in [0.2, 0.25) is 0 Å². The lowest BCUT2D eigenvalue weighted by Crippen LogP contribution is -2.37.